The van der Waals surface area contributed by atoms with Crippen LogP contribution in [0.15, 0.2) is 28.8 Å². The Hall–Kier alpha value is -2.70. The molecule has 0 bridgehead atoms. The highest BCUT2D eigenvalue weighted by atomic mass is 16.5. The van der Waals surface area contributed by atoms with E-state index in [9.17, 15) is 9.59 Å². The summed E-state index contributed by atoms with van der Waals surface area (Å²) in [4.78, 5) is 28.1. The van der Waals surface area contributed by atoms with E-state index >= 15 is 0 Å². The van der Waals surface area contributed by atoms with Crippen LogP contribution in [-0.4, -0.2) is 28.5 Å². The molecule has 0 saturated carbocycles. The SMILES string of the molecule is CC(C)c1cccc(NC(=O)C(=O)NCCc2nc(C(C)C)no2)c1. The molecule has 1 aromatic heterocycles. The average molecular weight is 344 g/mol. The van der Waals surface area contributed by atoms with Crippen molar-refractivity contribution in [3.8, 4) is 0 Å². The number of carbonyl (C=O) groups excluding carboxylic acids is 2. The number of hydrogen-bond donors (Lipinski definition) is 2. The van der Waals surface area contributed by atoms with Gasteiger partial charge < -0.3 is 15.2 Å². The fourth-order valence-electron chi connectivity index (χ4n) is 2.13. The van der Waals surface area contributed by atoms with Crippen LogP contribution in [0, 0.1) is 0 Å². The van der Waals surface area contributed by atoms with Crippen LogP contribution >= 0.6 is 0 Å². The molecule has 7 heteroatoms. The van der Waals surface area contributed by atoms with Crippen LogP contribution in [0.3, 0.4) is 0 Å². The van der Waals surface area contributed by atoms with E-state index in [0.717, 1.165) is 5.56 Å². The number of carbonyl (C=O) groups is 2. The van der Waals surface area contributed by atoms with Crippen molar-refractivity contribution in [2.24, 2.45) is 0 Å². The molecule has 2 amide bonds. The molecule has 0 fully saturated rings. The van der Waals surface area contributed by atoms with Crippen LogP contribution in [0.5, 0.6) is 0 Å². The van der Waals surface area contributed by atoms with Gasteiger partial charge in [-0.05, 0) is 23.6 Å². The first-order valence-corrected chi connectivity index (χ1v) is 8.38. The molecule has 0 saturated heterocycles. The van der Waals surface area contributed by atoms with Crippen LogP contribution in [0.2, 0.25) is 0 Å². The third kappa shape index (κ3) is 5.41. The molecule has 25 heavy (non-hydrogen) atoms. The highest BCUT2D eigenvalue weighted by molar-refractivity contribution is 6.39. The van der Waals surface area contributed by atoms with Gasteiger partial charge in [0, 0.05) is 24.6 Å². The maximum Gasteiger partial charge on any atom is 0.313 e. The van der Waals surface area contributed by atoms with Crippen LogP contribution in [0.1, 0.15) is 56.8 Å². The molecule has 2 N–H and O–H groups in total. The number of hydrogen-bond acceptors (Lipinski definition) is 5. The van der Waals surface area contributed by atoms with Crippen molar-refractivity contribution >= 4 is 17.5 Å². The zero-order valence-corrected chi connectivity index (χ0v) is 15.0. The maximum absolute atomic E-state index is 12.0. The smallest absolute Gasteiger partial charge is 0.313 e. The summed E-state index contributed by atoms with van der Waals surface area (Å²) in [6.45, 7) is 8.31. The Kier molecular flexibility index (Phi) is 6.27. The van der Waals surface area contributed by atoms with Gasteiger partial charge in [0.1, 0.15) is 0 Å². The lowest BCUT2D eigenvalue weighted by Crippen LogP contribution is -2.36. The second kappa shape index (κ2) is 8.41. The largest absolute Gasteiger partial charge is 0.347 e. The van der Waals surface area contributed by atoms with Crippen LogP contribution < -0.4 is 10.6 Å². The van der Waals surface area contributed by atoms with E-state index in [2.05, 4.69) is 34.6 Å². The summed E-state index contributed by atoms with van der Waals surface area (Å²) < 4.78 is 5.09. The van der Waals surface area contributed by atoms with Crippen LogP contribution in [-0.2, 0) is 16.0 Å². The highest BCUT2D eigenvalue weighted by Crippen LogP contribution is 2.18. The Bertz CT molecular complexity index is 737. The van der Waals surface area contributed by atoms with Gasteiger partial charge in [0.15, 0.2) is 5.82 Å². The van der Waals surface area contributed by atoms with Gasteiger partial charge in [-0.3, -0.25) is 9.59 Å². The predicted octanol–water partition coefficient (Wildman–Crippen LogP) is 2.61. The summed E-state index contributed by atoms with van der Waals surface area (Å²) >= 11 is 0. The Morgan fingerprint density at radius 1 is 1.12 bits per heavy atom. The van der Waals surface area contributed by atoms with E-state index in [1.807, 2.05) is 32.0 Å². The zero-order valence-electron chi connectivity index (χ0n) is 15.0. The lowest BCUT2D eigenvalue weighted by atomic mass is 10.0. The second-order valence-electron chi connectivity index (χ2n) is 6.44. The number of aromatic nitrogens is 2. The quantitative estimate of drug-likeness (QED) is 0.785. The molecule has 1 aromatic carbocycles. The molecule has 7 nitrogen and oxygen atoms in total. The second-order valence-corrected chi connectivity index (χ2v) is 6.44. The average Bonchev–Trinajstić information content (AvgIpc) is 3.04. The summed E-state index contributed by atoms with van der Waals surface area (Å²) in [6.07, 6.45) is 0.377. The number of nitrogens with zero attached hydrogens (tertiary/aromatic N) is 2. The molecule has 0 atom stereocenters. The maximum atomic E-state index is 12.0. The van der Waals surface area contributed by atoms with E-state index in [1.165, 1.54) is 0 Å². The predicted molar refractivity (Wildman–Crippen MR) is 94.3 cm³/mol. The Morgan fingerprint density at radius 3 is 2.52 bits per heavy atom. The molecule has 2 rings (SSSR count). The van der Waals surface area contributed by atoms with Crippen molar-refractivity contribution in [3.63, 3.8) is 0 Å². The first-order valence-electron chi connectivity index (χ1n) is 8.38. The minimum absolute atomic E-state index is 0.180. The first-order chi connectivity index (χ1) is 11.9. The highest BCUT2D eigenvalue weighted by Gasteiger charge is 2.15. The van der Waals surface area contributed by atoms with E-state index in [0.29, 0.717) is 29.7 Å². The fraction of sp³-hybridized carbons (Fsp3) is 0.444. The van der Waals surface area contributed by atoms with Crippen molar-refractivity contribution in [3.05, 3.63) is 41.5 Å². The van der Waals surface area contributed by atoms with E-state index in [4.69, 9.17) is 4.52 Å². The molecule has 1 heterocycles. The Morgan fingerprint density at radius 2 is 1.88 bits per heavy atom. The number of amides is 2. The van der Waals surface area contributed by atoms with Gasteiger partial charge in [-0.15, -0.1) is 0 Å². The van der Waals surface area contributed by atoms with Gasteiger partial charge in [-0.2, -0.15) is 4.98 Å². The van der Waals surface area contributed by atoms with Crippen LogP contribution in [0.4, 0.5) is 5.69 Å². The minimum atomic E-state index is -0.700. The molecular formula is C18H24N4O3. The van der Waals surface area contributed by atoms with Crippen molar-refractivity contribution in [1.29, 1.82) is 0 Å². The summed E-state index contributed by atoms with van der Waals surface area (Å²) in [5.74, 6) is 0.196. The topological polar surface area (TPSA) is 97.1 Å². The summed E-state index contributed by atoms with van der Waals surface area (Å²) in [5, 5.41) is 9.00. The van der Waals surface area contributed by atoms with Crippen molar-refractivity contribution in [2.45, 2.75) is 46.0 Å². The zero-order chi connectivity index (χ0) is 18.4. The van der Waals surface area contributed by atoms with Gasteiger partial charge in [0.2, 0.25) is 5.89 Å². The lowest BCUT2D eigenvalue weighted by molar-refractivity contribution is -0.136. The molecule has 0 radical (unpaired) electrons. The molecule has 0 unspecified atom stereocenters. The third-order valence-corrected chi connectivity index (χ3v) is 3.64. The number of nitrogens with one attached hydrogen (secondary N) is 2. The minimum Gasteiger partial charge on any atom is -0.347 e. The normalized spacial score (nSPS) is 11.0. The van der Waals surface area contributed by atoms with Gasteiger partial charge in [0.25, 0.3) is 0 Å². The summed E-state index contributed by atoms with van der Waals surface area (Å²) in [5.41, 5.74) is 1.69. The van der Waals surface area contributed by atoms with E-state index in [1.54, 1.807) is 6.07 Å². The van der Waals surface area contributed by atoms with Crippen molar-refractivity contribution < 1.29 is 14.1 Å². The Labute approximate surface area is 147 Å². The Balaban J connectivity index is 1.82. The molecular weight excluding hydrogens is 320 g/mol. The van der Waals surface area contributed by atoms with Gasteiger partial charge in [0.05, 0.1) is 0 Å². The van der Waals surface area contributed by atoms with Gasteiger partial charge in [-0.1, -0.05) is 45.0 Å². The van der Waals surface area contributed by atoms with Gasteiger partial charge >= 0.3 is 11.8 Å². The van der Waals surface area contributed by atoms with E-state index < -0.39 is 11.8 Å². The van der Waals surface area contributed by atoms with Crippen molar-refractivity contribution in [2.75, 3.05) is 11.9 Å². The molecule has 0 aliphatic carbocycles. The van der Waals surface area contributed by atoms with Crippen molar-refractivity contribution in [1.82, 2.24) is 15.5 Å². The lowest BCUT2D eigenvalue weighted by Gasteiger charge is -2.09. The molecule has 134 valence electrons. The monoisotopic (exact) mass is 344 g/mol. The molecule has 0 aliphatic heterocycles. The number of rotatable bonds is 6. The first kappa shape index (κ1) is 18.6. The fourth-order valence-corrected chi connectivity index (χ4v) is 2.13. The number of anilines is 1. The van der Waals surface area contributed by atoms with E-state index in [-0.39, 0.29) is 12.5 Å². The van der Waals surface area contributed by atoms with Crippen LogP contribution in [0.25, 0.3) is 0 Å². The summed E-state index contributed by atoms with van der Waals surface area (Å²) in [6, 6.07) is 7.45. The standard InChI is InChI=1S/C18H24N4O3/c1-11(2)13-6-5-7-14(10-13)20-18(24)17(23)19-9-8-15-21-16(12(3)4)22-25-15/h5-7,10-12H,8-9H2,1-4H3,(H,19,23)(H,20,24). The molecule has 2 aromatic rings. The molecule has 0 spiro atoms. The summed E-state index contributed by atoms with van der Waals surface area (Å²) in [7, 11) is 0. The van der Waals surface area contributed by atoms with Gasteiger partial charge in [-0.25, -0.2) is 0 Å². The number of benzene rings is 1. The molecule has 0 aliphatic rings. The third-order valence-electron chi connectivity index (χ3n) is 3.64.